The van der Waals surface area contributed by atoms with E-state index in [1.165, 1.54) is 38.5 Å². The first-order valence-electron chi connectivity index (χ1n) is 6.73. The monoisotopic (exact) mass is 228 g/mol. The summed E-state index contributed by atoms with van der Waals surface area (Å²) in [5.74, 6) is 1.87. The number of thioether (sulfide) groups is 1. The molecule has 0 aromatic rings. The van der Waals surface area contributed by atoms with Crippen molar-refractivity contribution in [1.29, 1.82) is 0 Å². The van der Waals surface area contributed by atoms with E-state index in [4.69, 9.17) is 0 Å². The second-order valence-corrected chi connectivity index (χ2v) is 7.54. The van der Waals surface area contributed by atoms with Gasteiger partial charge in [-0.15, -0.1) is 0 Å². The Kier molecular flexibility index (Phi) is 6.11. The van der Waals surface area contributed by atoms with Gasteiger partial charge in [0.2, 0.25) is 0 Å². The normalized spacial score (nSPS) is 29.4. The van der Waals surface area contributed by atoms with Gasteiger partial charge in [0, 0.05) is 10.5 Å². The zero-order chi connectivity index (χ0) is 11.3. The fraction of sp³-hybridized carbons (Fsp3) is 1.00. The van der Waals surface area contributed by atoms with E-state index in [2.05, 4.69) is 39.5 Å². The Bertz CT molecular complexity index is 157. The van der Waals surface area contributed by atoms with Gasteiger partial charge in [-0.1, -0.05) is 27.7 Å². The van der Waals surface area contributed by atoms with Crippen molar-refractivity contribution in [3.05, 3.63) is 0 Å². The Hall–Kier alpha value is 0.350. The molecule has 1 rings (SSSR count). The fourth-order valence-electron chi connectivity index (χ4n) is 2.33. The average Bonchev–Trinajstić information content (AvgIpc) is 2.19. The lowest BCUT2D eigenvalue weighted by molar-refractivity contribution is 0.392. The molecule has 0 aliphatic heterocycles. The molecular formula is C14H28S. The molecule has 0 spiro atoms. The predicted octanol–water partition coefficient (Wildman–Crippen LogP) is 5.12. The zero-order valence-electron chi connectivity index (χ0n) is 11.0. The van der Waals surface area contributed by atoms with E-state index in [-0.39, 0.29) is 0 Å². The highest BCUT2D eigenvalue weighted by atomic mass is 32.2. The zero-order valence-corrected chi connectivity index (χ0v) is 11.8. The predicted molar refractivity (Wildman–Crippen MR) is 72.5 cm³/mol. The van der Waals surface area contributed by atoms with Crippen LogP contribution in [-0.2, 0) is 0 Å². The molecule has 0 nitrogen and oxygen atoms in total. The van der Waals surface area contributed by atoms with Crippen molar-refractivity contribution < 1.29 is 0 Å². The van der Waals surface area contributed by atoms with Crippen molar-refractivity contribution in [3.63, 3.8) is 0 Å². The first-order valence-corrected chi connectivity index (χ1v) is 7.67. The highest BCUT2D eigenvalue weighted by Crippen LogP contribution is 2.35. The summed E-state index contributed by atoms with van der Waals surface area (Å²) in [5.41, 5.74) is 0. The minimum absolute atomic E-state index is 0.874. The molecule has 1 saturated carbocycles. The van der Waals surface area contributed by atoms with Gasteiger partial charge in [-0.25, -0.2) is 0 Å². The Balaban J connectivity index is 2.12. The van der Waals surface area contributed by atoms with Crippen LogP contribution in [0.25, 0.3) is 0 Å². The first-order chi connectivity index (χ1) is 7.08. The Morgan fingerprint density at radius 3 is 2.13 bits per heavy atom. The number of hydrogen-bond acceptors (Lipinski definition) is 1. The molecule has 90 valence electrons. The Labute approximate surface area is 101 Å². The van der Waals surface area contributed by atoms with E-state index < -0.39 is 0 Å². The molecule has 0 amide bonds. The molecule has 0 radical (unpaired) electrons. The molecule has 1 heteroatoms. The molecule has 0 bridgehead atoms. The van der Waals surface area contributed by atoms with Crippen LogP contribution in [-0.4, -0.2) is 10.5 Å². The third-order valence-electron chi connectivity index (χ3n) is 3.54. The minimum atomic E-state index is 0.874. The van der Waals surface area contributed by atoms with Gasteiger partial charge in [-0.3, -0.25) is 0 Å². The smallest absolute Gasteiger partial charge is 0.00499 e. The van der Waals surface area contributed by atoms with Crippen LogP contribution in [0.15, 0.2) is 0 Å². The van der Waals surface area contributed by atoms with Crippen molar-refractivity contribution in [3.8, 4) is 0 Å². The van der Waals surface area contributed by atoms with Crippen LogP contribution < -0.4 is 0 Å². The minimum Gasteiger partial charge on any atom is -0.155 e. The summed E-state index contributed by atoms with van der Waals surface area (Å²) in [6.07, 6.45) is 8.69. The molecule has 0 saturated heterocycles. The molecular weight excluding hydrogens is 200 g/mol. The van der Waals surface area contributed by atoms with E-state index in [1.807, 2.05) is 0 Å². The summed E-state index contributed by atoms with van der Waals surface area (Å²) in [6, 6.07) is 0. The van der Waals surface area contributed by atoms with E-state index in [0.29, 0.717) is 0 Å². The van der Waals surface area contributed by atoms with Crippen molar-refractivity contribution in [2.75, 3.05) is 0 Å². The average molecular weight is 228 g/mol. The van der Waals surface area contributed by atoms with Crippen LogP contribution in [0.3, 0.4) is 0 Å². The van der Waals surface area contributed by atoms with Crippen LogP contribution in [0.4, 0.5) is 0 Å². The summed E-state index contributed by atoms with van der Waals surface area (Å²) < 4.78 is 0. The lowest BCUT2D eigenvalue weighted by Gasteiger charge is -2.28. The molecule has 1 aliphatic carbocycles. The molecule has 15 heavy (non-hydrogen) atoms. The highest BCUT2D eigenvalue weighted by Gasteiger charge is 2.20. The van der Waals surface area contributed by atoms with Crippen molar-refractivity contribution >= 4 is 11.8 Å². The van der Waals surface area contributed by atoms with Crippen molar-refractivity contribution in [2.24, 2.45) is 11.8 Å². The van der Waals surface area contributed by atoms with Crippen molar-refractivity contribution in [1.82, 2.24) is 0 Å². The van der Waals surface area contributed by atoms with E-state index >= 15 is 0 Å². The second kappa shape index (κ2) is 6.83. The molecule has 0 heterocycles. The maximum absolute atomic E-state index is 2.42. The van der Waals surface area contributed by atoms with Crippen LogP contribution >= 0.6 is 11.8 Å². The lowest BCUT2D eigenvalue weighted by Crippen LogP contribution is -2.16. The third kappa shape index (κ3) is 5.85. The largest absolute Gasteiger partial charge is 0.155 e. The van der Waals surface area contributed by atoms with Crippen molar-refractivity contribution in [2.45, 2.75) is 76.7 Å². The SMILES string of the molecule is CC(C)CCC(C)SC1CCC(C)CC1. The van der Waals surface area contributed by atoms with E-state index in [1.54, 1.807) is 0 Å². The van der Waals surface area contributed by atoms with E-state index in [9.17, 15) is 0 Å². The topological polar surface area (TPSA) is 0 Å². The Morgan fingerprint density at radius 1 is 1.00 bits per heavy atom. The van der Waals surface area contributed by atoms with Gasteiger partial charge in [-0.2, -0.15) is 11.8 Å². The maximum Gasteiger partial charge on any atom is 0.00499 e. The third-order valence-corrected chi connectivity index (χ3v) is 5.09. The van der Waals surface area contributed by atoms with Gasteiger partial charge in [-0.05, 0) is 50.4 Å². The molecule has 1 aliphatic rings. The molecule has 0 aromatic heterocycles. The molecule has 1 unspecified atom stereocenters. The lowest BCUT2D eigenvalue weighted by atomic mass is 9.91. The van der Waals surface area contributed by atoms with Gasteiger partial charge >= 0.3 is 0 Å². The quantitative estimate of drug-likeness (QED) is 0.629. The summed E-state index contributed by atoms with van der Waals surface area (Å²) in [5, 5.41) is 1.86. The van der Waals surface area contributed by atoms with Crippen LogP contribution in [0.5, 0.6) is 0 Å². The molecule has 0 N–H and O–H groups in total. The second-order valence-electron chi connectivity index (χ2n) is 5.80. The van der Waals surface area contributed by atoms with Gasteiger partial charge in [0.1, 0.15) is 0 Å². The van der Waals surface area contributed by atoms with Crippen LogP contribution in [0.1, 0.15) is 66.2 Å². The maximum atomic E-state index is 2.42. The first kappa shape index (κ1) is 13.4. The summed E-state index contributed by atoms with van der Waals surface area (Å²) in [7, 11) is 0. The summed E-state index contributed by atoms with van der Waals surface area (Å²) in [4.78, 5) is 0. The molecule has 1 atom stereocenters. The van der Waals surface area contributed by atoms with Gasteiger partial charge in [0.25, 0.3) is 0 Å². The number of rotatable bonds is 5. The molecule has 0 aromatic carbocycles. The van der Waals surface area contributed by atoms with Gasteiger partial charge < -0.3 is 0 Å². The highest BCUT2D eigenvalue weighted by molar-refractivity contribution is 8.00. The van der Waals surface area contributed by atoms with Gasteiger partial charge in [0.15, 0.2) is 0 Å². The Morgan fingerprint density at radius 2 is 1.60 bits per heavy atom. The van der Waals surface area contributed by atoms with Crippen LogP contribution in [0.2, 0.25) is 0 Å². The molecule has 1 fully saturated rings. The number of hydrogen-bond donors (Lipinski definition) is 0. The van der Waals surface area contributed by atoms with Gasteiger partial charge in [0.05, 0.1) is 0 Å². The summed E-state index contributed by atoms with van der Waals surface area (Å²) >= 11 is 2.26. The standard InChI is InChI=1S/C14H28S/c1-11(2)5-8-13(4)15-14-9-6-12(3)7-10-14/h11-14H,5-10H2,1-4H3. The summed E-state index contributed by atoms with van der Waals surface area (Å²) in [6.45, 7) is 9.49. The van der Waals surface area contributed by atoms with E-state index in [0.717, 1.165) is 22.3 Å². The van der Waals surface area contributed by atoms with Crippen LogP contribution in [0, 0.1) is 11.8 Å². The fourth-order valence-corrected chi connectivity index (χ4v) is 3.80.